The molecule has 0 saturated carbocycles. The van der Waals surface area contributed by atoms with Crippen LogP contribution in [0.2, 0.25) is 10.0 Å². The Labute approximate surface area is 161 Å². The second-order valence-corrected chi connectivity index (χ2v) is 6.66. The molecule has 0 atom stereocenters. The molecule has 0 fully saturated rings. The third kappa shape index (κ3) is 3.95. The van der Waals surface area contributed by atoms with Crippen LogP contribution in [-0.4, -0.2) is 9.97 Å². The predicted molar refractivity (Wildman–Crippen MR) is 104 cm³/mol. The fourth-order valence-corrected chi connectivity index (χ4v) is 2.72. The maximum Gasteiger partial charge on any atom is 0.159 e. The minimum atomic E-state index is -0.445. The van der Waals surface area contributed by atoms with E-state index >= 15 is 0 Å². The highest BCUT2D eigenvalue weighted by atomic mass is 79.9. The van der Waals surface area contributed by atoms with Crippen molar-refractivity contribution in [3.8, 4) is 0 Å². The Kier molecular flexibility index (Phi) is 5.27. The Hall–Kier alpha value is -2.09. The van der Waals surface area contributed by atoms with Gasteiger partial charge in [0.05, 0.1) is 21.4 Å². The van der Waals surface area contributed by atoms with E-state index in [0.717, 1.165) is 0 Å². The van der Waals surface area contributed by atoms with Crippen LogP contribution in [0.1, 0.15) is 0 Å². The van der Waals surface area contributed by atoms with Crippen LogP contribution in [0.5, 0.6) is 0 Å². The first-order valence-electron chi connectivity index (χ1n) is 6.99. The van der Waals surface area contributed by atoms with Crippen LogP contribution in [0.4, 0.5) is 33.1 Å². The topological polar surface area (TPSA) is 75.9 Å². The number of rotatable bonds is 4. The molecule has 0 unspecified atom stereocenters. The molecule has 1 aromatic heterocycles. The predicted octanol–water partition coefficient (Wildman–Crippen LogP) is 5.75. The molecule has 0 aliphatic carbocycles. The van der Waals surface area contributed by atoms with Crippen LogP contribution in [0.3, 0.4) is 0 Å². The molecule has 0 amide bonds. The summed E-state index contributed by atoms with van der Waals surface area (Å²) in [7, 11) is 0. The Morgan fingerprint density at radius 2 is 1.68 bits per heavy atom. The lowest BCUT2D eigenvalue weighted by atomic mass is 10.3. The monoisotopic (exact) mass is 441 g/mol. The fourth-order valence-electron chi connectivity index (χ4n) is 2.04. The second kappa shape index (κ2) is 7.43. The summed E-state index contributed by atoms with van der Waals surface area (Å²) in [4.78, 5) is 8.15. The Balaban J connectivity index is 1.91. The van der Waals surface area contributed by atoms with Gasteiger partial charge >= 0.3 is 0 Å². The second-order valence-electron chi connectivity index (χ2n) is 4.96. The van der Waals surface area contributed by atoms with Crippen molar-refractivity contribution in [3.63, 3.8) is 0 Å². The minimum absolute atomic E-state index is 0.209. The van der Waals surface area contributed by atoms with Gasteiger partial charge in [-0.25, -0.2) is 14.4 Å². The van der Waals surface area contributed by atoms with Crippen molar-refractivity contribution in [2.24, 2.45) is 0 Å². The van der Waals surface area contributed by atoms with Gasteiger partial charge in [-0.3, -0.25) is 0 Å². The lowest BCUT2D eigenvalue weighted by Crippen LogP contribution is -2.06. The van der Waals surface area contributed by atoms with E-state index in [1.54, 1.807) is 30.3 Å². The quantitative estimate of drug-likeness (QED) is 0.479. The molecule has 128 valence electrons. The van der Waals surface area contributed by atoms with E-state index in [9.17, 15) is 4.39 Å². The lowest BCUT2D eigenvalue weighted by Gasteiger charge is -2.14. The van der Waals surface area contributed by atoms with E-state index < -0.39 is 5.82 Å². The molecule has 2 aromatic carbocycles. The van der Waals surface area contributed by atoms with Gasteiger partial charge in [-0.15, -0.1) is 0 Å². The third-order valence-electron chi connectivity index (χ3n) is 3.27. The third-order valence-corrected chi connectivity index (χ3v) is 4.58. The molecular formula is C16H11BrCl2FN5. The number of nitrogens with one attached hydrogen (secondary N) is 2. The van der Waals surface area contributed by atoms with E-state index in [2.05, 4.69) is 36.5 Å². The molecule has 3 rings (SSSR count). The van der Waals surface area contributed by atoms with Crippen molar-refractivity contribution < 1.29 is 4.39 Å². The van der Waals surface area contributed by atoms with Gasteiger partial charge in [-0.2, -0.15) is 0 Å². The Morgan fingerprint density at radius 1 is 1.00 bits per heavy atom. The molecule has 0 radical (unpaired) electrons. The molecule has 0 aliphatic rings. The number of hydrogen-bond donors (Lipinski definition) is 3. The van der Waals surface area contributed by atoms with Crippen molar-refractivity contribution in [1.82, 2.24) is 9.97 Å². The van der Waals surface area contributed by atoms with Gasteiger partial charge < -0.3 is 16.4 Å². The fraction of sp³-hybridized carbons (Fsp3) is 0. The number of hydrogen-bond acceptors (Lipinski definition) is 5. The summed E-state index contributed by atoms with van der Waals surface area (Å²) in [6.07, 6.45) is 1.30. The molecule has 0 saturated heterocycles. The summed E-state index contributed by atoms with van der Waals surface area (Å²) in [5, 5.41) is 6.59. The first-order valence-corrected chi connectivity index (χ1v) is 8.54. The average Bonchev–Trinajstić information content (AvgIpc) is 2.57. The first-order chi connectivity index (χ1) is 12.0. The SMILES string of the molecule is Nc1c(Nc2ccc(Br)cc2F)ncnc1Nc1cccc(Cl)c1Cl. The highest BCUT2D eigenvalue weighted by Crippen LogP contribution is 2.34. The summed E-state index contributed by atoms with van der Waals surface area (Å²) < 4.78 is 14.6. The van der Waals surface area contributed by atoms with Crippen LogP contribution in [-0.2, 0) is 0 Å². The summed E-state index contributed by atoms with van der Waals surface area (Å²) in [5.41, 5.74) is 7.08. The highest BCUT2D eigenvalue weighted by molar-refractivity contribution is 9.10. The van der Waals surface area contributed by atoms with Crippen LogP contribution in [0.25, 0.3) is 0 Å². The molecule has 1 heterocycles. The Morgan fingerprint density at radius 3 is 2.36 bits per heavy atom. The standard InChI is InChI=1S/C16H11BrCl2FN5/c17-8-4-5-11(10(20)6-8)24-15-14(21)16(23-7-22-15)25-12-3-1-2-9(18)13(12)19/h1-7H,21H2,(H2,22,23,24,25). The molecule has 25 heavy (non-hydrogen) atoms. The highest BCUT2D eigenvalue weighted by Gasteiger charge is 2.13. The van der Waals surface area contributed by atoms with E-state index in [0.29, 0.717) is 26.0 Å². The van der Waals surface area contributed by atoms with Crippen LogP contribution < -0.4 is 16.4 Å². The van der Waals surface area contributed by atoms with E-state index in [-0.39, 0.29) is 17.2 Å². The van der Waals surface area contributed by atoms with Crippen LogP contribution in [0, 0.1) is 5.82 Å². The van der Waals surface area contributed by atoms with Gasteiger partial charge in [-0.05, 0) is 30.3 Å². The Bertz CT molecular complexity index is 938. The molecule has 4 N–H and O–H groups in total. The molecule has 0 spiro atoms. The van der Waals surface area contributed by atoms with Crippen LogP contribution >= 0.6 is 39.1 Å². The summed E-state index contributed by atoms with van der Waals surface area (Å²) in [6.45, 7) is 0. The van der Waals surface area contributed by atoms with Crippen molar-refractivity contribution in [3.05, 3.63) is 63.1 Å². The maximum atomic E-state index is 14.0. The zero-order valence-electron chi connectivity index (χ0n) is 12.5. The summed E-state index contributed by atoms with van der Waals surface area (Å²) in [5.74, 6) is 0.135. The van der Waals surface area contributed by atoms with Gasteiger partial charge in [0.1, 0.15) is 17.8 Å². The van der Waals surface area contributed by atoms with Crippen LogP contribution in [0.15, 0.2) is 47.2 Å². The van der Waals surface area contributed by atoms with Gasteiger partial charge in [-0.1, -0.05) is 45.2 Å². The molecular weight excluding hydrogens is 432 g/mol. The normalized spacial score (nSPS) is 10.6. The van der Waals surface area contributed by atoms with Crippen molar-refractivity contribution in [2.45, 2.75) is 0 Å². The number of nitrogens with zero attached hydrogens (tertiary/aromatic N) is 2. The largest absolute Gasteiger partial charge is 0.393 e. The number of nitrogen functional groups attached to an aromatic ring is 1. The van der Waals surface area contributed by atoms with Crippen molar-refractivity contribution in [1.29, 1.82) is 0 Å². The summed E-state index contributed by atoms with van der Waals surface area (Å²) in [6, 6.07) is 9.75. The number of aromatic nitrogens is 2. The molecule has 5 nitrogen and oxygen atoms in total. The van der Waals surface area contributed by atoms with Crippen molar-refractivity contribution in [2.75, 3.05) is 16.4 Å². The first kappa shape index (κ1) is 17.7. The number of halogens is 4. The zero-order valence-corrected chi connectivity index (χ0v) is 15.6. The van der Waals surface area contributed by atoms with Crippen molar-refractivity contribution >= 4 is 67.8 Å². The van der Waals surface area contributed by atoms with E-state index in [4.69, 9.17) is 28.9 Å². The molecule has 0 bridgehead atoms. The maximum absolute atomic E-state index is 14.0. The smallest absolute Gasteiger partial charge is 0.159 e. The zero-order chi connectivity index (χ0) is 18.0. The molecule has 0 aliphatic heterocycles. The number of nitrogens with two attached hydrogens (primary N) is 1. The molecule has 9 heteroatoms. The summed E-state index contributed by atoms with van der Waals surface area (Å²) >= 11 is 15.4. The van der Waals surface area contributed by atoms with E-state index in [1.807, 2.05) is 0 Å². The number of anilines is 5. The average molecular weight is 443 g/mol. The number of benzene rings is 2. The van der Waals surface area contributed by atoms with Gasteiger partial charge in [0.15, 0.2) is 11.6 Å². The van der Waals surface area contributed by atoms with Gasteiger partial charge in [0.2, 0.25) is 0 Å². The molecule has 3 aromatic rings. The van der Waals surface area contributed by atoms with Gasteiger partial charge in [0, 0.05) is 4.47 Å². The van der Waals surface area contributed by atoms with E-state index in [1.165, 1.54) is 12.4 Å². The minimum Gasteiger partial charge on any atom is -0.393 e. The van der Waals surface area contributed by atoms with Gasteiger partial charge in [0.25, 0.3) is 0 Å². The lowest BCUT2D eigenvalue weighted by molar-refractivity contribution is 0.631.